The number of hydrogen-bond donors (Lipinski definition) is 2. The predicted molar refractivity (Wildman–Crippen MR) is 95.6 cm³/mol. The van der Waals surface area contributed by atoms with E-state index in [1.165, 1.54) is 12.8 Å². The first-order valence-electron chi connectivity index (χ1n) is 8.48. The van der Waals surface area contributed by atoms with Crippen LogP contribution in [-0.2, 0) is 22.6 Å². The third-order valence-electron chi connectivity index (χ3n) is 4.15. The lowest BCUT2D eigenvalue weighted by Crippen LogP contribution is -2.37. The molecule has 1 saturated carbocycles. The summed E-state index contributed by atoms with van der Waals surface area (Å²) in [5, 5.41) is 2.89. The van der Waals surface area contributed by atoms with Crippen molar-refractivity contribution in [2.75, 3.05) is 11.9 Å². The minimum atomic E-state index is -0.567. The summed E-state index contributed by atoms with van der Waals surface area (Å²) in [6, 6.07) is 17.0. The minimum absolute atomic E-state index is 0.171. The van der Waals surface area contributed by atoms with Gasteiger partial charge in [-0.25, -0.2) is 0 Å². The molecule has 4 nitrogen and oxygen atoms in total. The van der Waals surface area contributed by atoms with Gasteiger partial charge in [-0.1, -0.05) is 42.5 Å². The summed E-state index contributed by atoms with van der Waals surface area (Å²) < 4.78 is 5.69. The Balaban J connectivity index is 1.51. The Bertz CT molecular complexity index is 668. The highest BCUT2D eigenvalue weighted by molar-refractivity contribution is 5.94. The molecule has 3 rings (SSSR count). The van der Waals surface area contributed by atoms with Crippen LogP contribution in [0.5, 0.6) is 0 Å². The molecule has 0 unspecified atom stereocenters. The van der Waals surface area contributed by atoms with Crippen LogP contribution in [0.1, 0.15) is 24.0 Å². The van der Waals surface area contributed by atoms with E-state index < -0.39 is 6.04 Å². The molecule has 0 bridgehead atoms. The van der Waals surface area contributed by atoms with Crippen molar-refractivity contribution in [3.05, 3.63) is 65.7 Å². The van der Waals surface area contributed by atoms with E-state index in [0.29, 0.717) is 13.0 Å². The van der Waals surface area contributed by atoms with Gasteiger partial charge in [-0.15, -0.1) is 0 Å². The maximum Gasteiger partial charge on any atom is 0.241 e. The van der Waals surface area contributed by atoms with Crippen LogP contribution in [-0.4, -0.2) is 18.6 Å². The molecule has 0 aromatic heterocycles. The summed E-state index contributed by atoms with van der Waals surface area (Å²) in [6.07, 6.45) is 3.10. The molecular formula is C20H24N2O2. The number of anilines is 1. The topological polar surface area (TPSA) is 64.4 Å². The van der Waals surface area contributed by atoms with Crippen molar-refractivity contribution >= 4 is 11.6 Å². The number of amides is 1. The van der Waals surface area contributed by atoms with Gasteiger partial charge in [0.05, 0.1) is 12.6 Å². The van der Waals surface area contributed by atoms with Gasteiger partial charge in [-0.05, 0) is 48.4 Å². The van der Waals surface area contributed by atoms with E-state index in [1.807, 2.05) is 54.6 Å². The number of benzene rings is 2. The number of nitrogens with two attached hydrogens (primary N) is 1. The van der Waals surface area contributed by atoms with E-state index in [2.05, 4.69) is 5.32 Å². The van der Waals surface area contributed by atoms with Gasteiger partial charge in [0.15, 0.2) is 0 Å². The van der Waals surface area contributed by atoms with Gasteiger partial charge in [0.25, 0.3) is 0 Å². The summed E-state index contributed by atoms with van der Waals surface area (Å²) in [4.78, 5) is 12.3. The third kappa shape index (κ3) is 5.18. The van der Waals surface area contributed by atoms with Gasteiger partial charge in [0.2, 0.25) is 5.91 Å². The van der Waals surface area contributed by atoms with Crippen molar-refractivity contribution in [3.63, 3.8) is 0 Å². The molecule has 3 N–H and O–H groups in total. The van der Waals surface area contributed by atoms with Crippen LogP contribution < -0.4 is 11.1 Å². The van der Waals surface area contributed by atoms with Crippen LogP contribution in [0.3, 0.4) is 0 Å². The fourth-order valence-electron chi connectivity index (χ4n) is 2.56. The second-order valence-electron chi connectivity index (χ2n) is 6.44. The van der Waals surface area contributed by atoms with Gasteiger partial charge in [-0.3, -0.25) is 4.79 Å². The molecule has 2 aromatic carbocycles. The third-order valence-corrected chi connectivity index (χ3v) is 4.15. The summed E-state index contributed by atoms with van der Waals surface area (Å²) in [7, 11) is 0. The average Bonchev–Trinajstić information content (AvgIpc) is 3.40. The largest absolute Gasteiger partial charge is 0.376 e. The summed E-state index contributed by atoms with van der Waals surface area (Å²) in [6.45, 7) is 1.41. The van der Waals surface area contributed by atoms with Crippen molar-refractivity contribution in [1.29, 1.82) is 0 Å². The van der Waals surface area contributed by atoms with E-state index in [0.717, 1.165) is 29.3 Å². The SMILES string of the molecule is N[C@@H](Cc1ccccc1)C(=O)Nc1cccc(COCC2CC2)c1. The lowest BCUT2D eigenvalue weighted by Gasteiger charge is -2.13. The monoisotopic (exact) mass is 324 g/mol. The number of carbonyl (C=O) groups excluding carboxylic acids is 1. The smallest absolute Gasteiger partial charge is 0.241 e. The van der Waals surface area contributed by atoms with Crippen LogP contribution in [0.15, 0.2) is 54.6 Å². The van der Waals surface area contributed by atoms with Crippen molar-refractivity contribution in [3.8, 4) is 0 Å². The Morgan fingerprint density at radius 3 is 2.62 bits per heavy atom. The zero-order valence-electron chi connectivity index (χ0n) is 13.8. The molecule has 0 spiro atoms. The molecule has 0 heterocycles. The maximum atomic E-state index is 12.3. The Hall–Kier alpha value is -2.17. The Morgan fingerprint density at radius 2 is 1.88 bits per heavy atom. The average molecular weight is 324 g/mol. The number of rotatable bonds is 8. The zero-order chi connectivity index (χ0) is 16.8. The maximum absolute atomic E-state index is 12.3. The number of hydrogen-bond acceptors (Lipinski definition) is 3. The van der Waals surface area contributed by atoms with Crippen molar-refractivity contribution in [2.24, 2.45) is 11.7 Å². The number of carbonyl (C=O) groups is 1. The van der Waals surface area contributed by atoms with Gasteiger partial charge in [-0.2, -0.15) is 0 Å². The molecule has 4 heteroatoms. The van der Waals surface area contributed by atoms with Crippen LogP contribution in [0.2, 0.25) is 0 Å². The van der Waals surface area contributed by atoms with Gasteiger partial charge in [0, 0.05) is 12.3 Å². The van der Waals surface area contributed by atoms with E-state index in [1.54, 1.807) is 0 Å². The zero-order valence-corrected chi connectivity index (χ0v) is 13.8. The normalized spacial score (nSPS) is 15.0. The molecule has 2 aromatic rings. The quantitative estimate of drug-likeness (QED) is 0.784. The molecule has 1 aliphatic carbocycles. The van der Waals surface area contributed by atoms with E-state index >= 15 is 0 Å². The Morgan fingerprint density at radius 1 is 1.12 bits per heavy atom. The molecule has 0 radical (unpaired) electrons. The molecule has 1 fully saturated rings. The first-order chi connectivity index (χ1) is 11.7. The Kier molecular flexibility index (Phi) is 5.62. The second kappa shape index (κ2) is 8.08. The van der Waals surface area contributed by atoms with Crippen LogP contribution in [0, 0.1) is 5.92 Å². The van der Waals surface area contributed by atoms with Gasteiger partial charge >= 0.3 is 0 Å². The summed E-state index contributed by atoms with van der Waals surface area (Å²) in [5.41, 5.74) is 8.90. The number of ether oxygens (including phenoxy) is 1. The highest BCUT2D eigenvalue weighted by Crippen LogP contribution is 2.29. The first-order valence-corrected chi connectivity index (χ1v) is 8.48. The minimum Gasteiger partial charge on any atom is -0.376 e. The highest BCUT2D eigenvalue weighted by Gasteiger charge is 2.21. The second-order valence-corrected chi connectivity index (χ2v) is 6.44. The van der Waals surface area contributed by atoms with E-state index in [-0.39, 0.29) is 5.91 Å². The van der Waals surface area contributed by atoms with Crippen molar-refractivity contribution in [2.45, 2.75) is 31.9 Å². The molecule has 1 amide bonds. The lowest BCUT2D eigenvalue weighted by molar-refractivity contribution is -0.117. The van der Waals surface area contributed by atoms with Gasteiger partial charge in [0.1, 0.15) is 0 Å². The summed E-state index contributed by atoms with van der Waals surface area (Å²) >= 11 is 0. The van der Waals surface area contributed by atoms with Crippen LogP contribution >= 0.6 is 0 Å². The first kappa shape index (κ1) is 16.7. The fourth-order valence-corrected chi connectivity index (χ4v) is 2.56. The predicted octanol–water partition coefficient (Wildman–Crippen LogP) is 3.12. The van der Waals surface area contributed by atoms with Gasteiger partial charge < -0.3 is 15.8 Å². The Labute approximate surface area is 143 Å². The molecule has 1 aliphatic rings. The van der Waals surface area contributed by atoms with Crippen LogP contribution in [0.25, 0.3) is 0 Å². The van der Waals surface area contributed by atoms with Crippen LogP contribution in [0.4, 0.5) is 5.69 Å². The molecular weight excluding hydrogens is 300 g/mol. The molecule has 0 aliphatic heterocycles. The van der Waals surface area contributed by atoms with Crippen molar-refractivity contribution in [1.82, 2.24) is 0 Å². The highest BCUT2D eigenvalue weighted by atomic mass is 16.5. The van der Waals surface area contributed by atoms with Crippen molar-refractivity contribution < 1.29 is 9.53 Å². The number of nitrogens with one attached hydrogen (secondary N) is 1. The van der Waals surface area contributed by atoms with E-state index in [4.69, 9.17) is 10.5 Å². The fraction of sp³-hybridized carbons (Fsp3) is 0.350. The lowest BCUT2D eigenvalue weighted by atomic mass is 10.1. The molecule has 126 valence electrons. The molecule has 0 saturated heterocycles. The molecule has 24 heavy (non-hydrogen) atoms. The summed E-state index contributed by atoms with van der Waals surface area (Å²) in [5.74, 6) is 0.582. The molecule has 1 atom stereocenters. The van der Waals surface area contributed by atoms with E-state index in [9.17, 15) is 4.79 Å². The standard InChI is InChI=1S/C20H24N2O2/c21-19(12-15-5-2-1-3-6-15)20(23)22-18-8-4-7-17(11-18)14-24-13-16-9-10-16/h1-8,11,16,19H,9-10,12-14,21H2,(H,22,23)/t19-/m0/s1.